The van der Waals surface area contributed by atoms with Crippen molar-refractivity contribution >= 4 is 23.9 Å². The number of hydrogen-bond donors (Lipinski definition) is 0. The Kier molecular flexibility index (Phi) is 8.08. The van der Waals surface area contributed by atoms with Crippen LogP contribution in [0.2, 0.25) is 0 Å². The number of carbonyl (C=O) groups excluding carboxylic acids is 4. The summed E-state index contributed by atoms with van der Waals surface area (Å²) in [6.45, 7) is 14.1. The molecule has 3 saturated carbocycles. The molecular weight excluding hydrogens is 540 g/mol. The third-order valence-corrected chi connectivity index (χ3v) is 11.7. The molecule has 0 amide bonds. The third-order valence-electron chi connectivity index (χ3n) is 11.7. The maximum absolute atomic E-state index is 12.9. The highest BCUT2D eigenvalue weighted by Gasteiger charge is 2.68. The predicted molar refractivity (Wildman–Crippen MR) is 152 cm³/mol. The van der Waals surface area contributed by atoms with Crippen molar-refractivity contribution in [1.82, 2.24) is 0 Å². The number of ether oxygens (including phenoxy) is 5. The quantitative estimate of drug-likeness (QED) is 0.284. The fourth-order valence-electron chi connectivity index (χ4n) is 10.2. The Labute approximate surface area is 249 Å². The van der Waals surface area contributed by atoms with E-state index in [1.807, 2.05) is 0 Å². The summed E-state index contributed by atoms with van der Waals surface area (Å²) in [7, 11) is 0. The van der Waals surface area contributed by atoms with Crippen molar-refractivity contribution in [3.8, 4) is 0 Å². The molecule has 9 heteroatoms. The second-order valence-corrected chi connectivity index (χ2v) is 14.8. The van der Waals surface area contributed by atoms with Crippen LogP contribution in [0.5, 0.6) is 0 Å². The van der Waals surface area contributed by atoms with Crippen LogP contribution >= 0.6 is 0 Å². The molecule has 1 saturated heterocycles. The van der Waals surface area contributed by atoms with Gasteiger partial charge in [0.25, 0.3) is 6.29 Å². The van der Waals surface area contributed by atoms with Crippen molar-refractivity contribution in [2.24, 2.45) is 34.0 Å². The van der Waals surface area contributed by atoms with Crippen LogP contribution in [0.3, 0.4) is 0 Å². The maximum Gasteiger partial charge on any atom is 0.334 e. The van der Waals surface area contributed by atoms with Gasteiger partial charge in [0.1, 0.15) is 18.3 Å². The molecule has 3 aliphatic carbocycles. The standard InChI is InChI=1S/C33H48O9/c1-19(39-20(2)34)15-27(36)38-18-33-14-10-25-31(6)12-8-11-30(4,5)24(31)9-13-32(25,7)26(33)17-23(42-33)22-16-28(37)41-29(22)40-21(3)35/h16,19,23-26,29H,8-15,17-18H2,1-7H3/t19?,23-,24-,25+,26-,29+,31-,32+,33+/m0/s1. The molecular formula is C33H48O9. The average Bonchev–Trinajstić information content (AvgIpc) is 3.42. The van der Waals surface area contributed by atoms with Crippen LogP contribution in [0, 0.1) is 34.0 Å². The fourth-order valence-corrected chi connectivity index (χ4v) is 10.2. The Hall–Kier alpha value is -2.42. The van der Waals surface area contributed by atoms with Gasteiger partial charge >= 0.3 is 23.9 Å². The molecule has 1 unspecified atom stereocenters. The molecule has 234 valence electrons. The number of rotatable bonds is 7. The number of esters is 4. The molecule has 5 rings (SSSR count). The Morgan fingerprint density at radius 1 is 0.952 bits per heavy atom. The molecule has 0 aromatic carbocycles. The van der Waals surface area contributed by atoms with Gasteiger partial charge in [-0.2, -0.15) is 0 Å². The number of carbonyl (C=O) groups is 4. The highest BCUT2D eigenvalue weighted by molar-refractivity contribution is 5.86. The highest BCUT2D eigenvalue weighted by Crippen LogP contribution is 2.71. The van der Waals surface area contributed by atoms with Gasteiger partial charge < -0.3 is 23.7 Å². The van der Waals surface area contributed by atoms with Crippen molar-refractivity contribution in [2.45, 2.75) is 130 Å². The van der Waals surface area contributed by atoms with Gasteiger partial charge in [0, 0.05) is 25.5 Å². The molecule has 9 nitrogen and oxygen atoms in total. The lowest BCUT2D eigenvalue weighted by Gasteiger charge is -2.67. The summed E-state index contributed by atoms with van der Waals surface area (Å²) >= 11 is 0. The van der Waals surface area contributed by atoms with Crippen molar-refractivity contribution in [1.29, 1.82) is 0 Å². The minimum absolute atomic E-state index is 0.0412. The largest absolute Gasteiger partial charge is 0.462 e. The van der Waals surface area contributed by atoms with Gasteiger partial charge in [0.05, 0.1) is 12.5 Å². The first-order valence-electron chi connectivity index (χ1n) is 15.7. The summed E-state index contributed by atoms with van der Waals surface area (Å²) in [6.07, 6.45) is 7.37. The topological polar surface area (TPSA) is 114 Å². The normalized spacial score (nSPS) is 40.9. The van der Waals surface area contributed by atoms with Crippen LogP contribution in [0.25, 0.3) is 0 Å². The van der Waals surface area contributed by atoms with Gasteiger partial charge in [0.2, 0.25) is 0 Å². The zero-order chi connectivity index (χ0) is 30.7. The van der Waals surface area contributed by atoms with Gasteiger partial charge in [-0.1, -0.05) is 34.1 Å². The summed E-state index contributed by atoms with van der Waals surface area (Å²) in [5.74, 6) is -0.790. The molecule has 4 fully saturated rings. The van der Waals surface area contributed by atoms with Crippen LogP contribution in [-0.2, 0) is 42.9 Å². The number of fused-ring (bicyclic) bond motifs is 5. The fraction of sp³-hybridized carbons (Fsp3) is 0.818. The van der Waals surface area contributed by atoms with E-state index in [2.05, 4.69) is 27.7 Å². The van der Waals surface area contributed by atoms with E-state index in [1.165, 1.54) is 39.2 Å². The molecule has 0 spiro atoms. The van der Waals surface area contributed by atoms with E-state index in [-0.39, 0.29) is 29.8 Å². The van der Waals surface area contributed by atoms with Gasteiger partial charge in [-0.05, 0) is 85.9 Å². The van der Waals surface area contributed by atoms with Crippen molar-refractivity contribution in [2.75, 3.05) is 6.61 Å². The smallest absolute Gasteiger partial charge is 0.334 e. The van der Waals surface area contributed by atoms with Crippen LogP contribution in [0.1, 0.15) is 106 Å². The van der Waals surface area contributed by atoms with Crippen molar-refractivity contribution in [3.63, 3.8) is 0 Å². The predicted octanol–water partition coefficient (Wildman–Crippen LogP) is 5.43. The van der Waals surface area contributed by atoms with Crippen molar-refractivity contribution in [3.05, 3.63) is 11.6 Å². The first-order chi connectivity index (χ1) is 19.6. The van der Waals surface area contributed by atoms with Gasteiger partial charge in [-0.15, -0.1) is 0 Å². The molecule has 0 N–H and O–H groups in total. The Balaban J connectivity index is 1.44. The maximum atomic E-state index is 12.9. The monoisotopic (exact) mass is 588 g/mol. The van der Waals surface area contributed by atoms with Crippen molar-refractivity contribution < 1.29 is 42.9 Å². The molecule has 42 heavy (non-hydrogen) atoms. The molecule has 9 atom stereocenters. The van der Waals surface area contributed by atoms with Gasteiger partial charge in [-0.25, -0.2) is 4.79 Å². The minimum Gasteiger partial charge on any atom is -0.462 e. The molecule has 0 radical (unpaired) electrons. The highest BCUT2D eigenvalue weighted by atomic mass is 16.7. The first kappa shape index (κ1) is 31.0. The second kappa shape index (κ2) is 10.9. The first-order valence-corrected chi connectivity index (χ1v) is 15.7. The Morgan fingerprint density at radius 2 is 1.64 bits per heavy atom. The SMILES string of the molecule is CC(=O)OC(C)CC(=O)OC[C@]12CC[C@H]3[C@@](C)(CC[C@H]4C(C)(C)CCC[C@]34C)[C@@H]1C[C@@H](C1=CC(=O)O[C@H]1OC(C)=O)O2. The van der Waals surface area contributed by atoms with E-state index in [0.29, 0.717) is 29.2 Å². The van der Waals surface area contributed by atoms with Gasteiger partial charge in [-0.3, -0.25) is 14.4 Å². The van der Waals surface area contributed by atoms with Crippen LogP contribution in [0.15, 0.2) is 11.6 Å². The van der Waals surface area contributed by atoms with Crippen LogP contribution in [-0.4, -0.2) is 54.6 Å². The molecule has 0 bridgehead atoms. The Morgan fingerprint density at radius 3 is 2.33 bits per heavy atom. The summed E-state index contributed by atoms with van der Waals surface area (Å²) in [5, 5.41) is 0. The molecule has 2 heterocycles. The summed E-state index contributed by atoms with van der Waals surface area (Å²) in [4.78, 5) is 48.3. The Bertz CT molecular complexity index is 1160. The number of cyclic esters (lactones) is 1. The number of hydrogen-bond acceptors (Lipinski definition) is 9. The zero-order valence-corrected chi connectivity index (χ0v) is 26.3. The van der Waals surface area contributed by atoms with E-state index in [0.717, 1.165) is 25.7 Å². The lowest BCUT2D eigenvalue weighted by Crippen LogP contribution is -2.63. The average molecular weight is 589 g/mol. The summed E-state index contributed by atoms with van der Waals surface area (Å²) in [5.41, 5.74) is 0.204. The van der Waals surface area contributed by atoms with E-state index in [9.17, 15) is 19.2 Å². The summed E-state index contributed by atoms with van der Waals surface area (Å²) < 4.78 is 28.6. The zero-order valence-electron chi connectivity index (χ0n) is 26.3. The van der Waals surface area contributed by atoms with E-state index < -0.39 is 48.0 Å². The minimum atomic E-state index is -1.11. The lowest BCUT2D eigenvalue weighted by atomic mass is 9.38. The molecule has 0 aromatic heterocycles. The molecule has 5 aliphatic rings. The van der Waals surface area contributed by atoms with Crippen LogP contribution in [0.4, 0.5) is 0 Å². The van der Waals surface area contributed by atoms with E-state index in [4.69, 9.17) is 23.7 Å². The second-order valence-electron chi connectivity index (χ2n) is 14.8. The third kappa shape index (κ3) is 5.39. The lowest BCUT2D eigenvalue weighted by molar-refractivity contribution is -0.217. The summed E-state index contributed by atoms with van der Waals surface area (Å²) in [6, 6.07) is 0. The molecule has 0 aromatic rings. The van der Waals surface area contributed by atoms with Gasteiger partial charge in [0.15, 0.2) is 0 Å². The van der Waals surface area contributed by atoms with E-state index >= 15 is 0 Å². The van der Waals surface area contributed by atoms with Crippen LogP contribution < -0.4 is 0 Å². The van der Waals surface area contributed by atoms with E-state index in [1.54, 1.807) is 6.92 Å². The molecule has 2 aliphatic heterocycles.